The zero-order valence-corrected chi connectivity index (χ0v) is 18.9. The minimum Gasteiger partial charge on any atom is -0.383 e. The third kappa shape index (κ3) is 4.54. The predicted octanol–water partition coefficient (Wildman–Crippen LogP) is 5.09. The van der Waals surface area contributed by atoms with Gasteiger partial charge in [-0.2, -0.15) is 5.10 Å². The van der Waals surface area contributed by atoms with Crippen LogP contribution in [0.2, 0.25) is 10.0 Å². The van der Waals surface area contributed by atoms with E-state index >= 15 is 0 Å². The molecule has 0 amide bonds. The van der Waals surface area contributed by atoms with E-state index in [2.05, 4.69) is 32.4 Å². The molecule has 2 atom stereocenters. The topological polar surface area (TPSA) is 68.2 Å². The van der Waals surface area contributed by atoms with Gasteiger partial charge in [0.1, 0.15) is 11.7 Å². The Kier molecular flexibility index (Phi) is 6.72. The number of amidine groups is 1. The highest BCUT2D eigenvalue weighted by atomic mass is 35.5. The van der Waals surface area contributed by atoms with E-state index in [1.54, 1.807) is 0 Å². The van der Waals surface area contributed by atoms with Gasteiger partial charge in [-0.05, 0) is 50.6 Å². The molecule has 2 unspecified atom stereocenters. The smallest absolute Gasteiger partial charge is 0.142 e. The van der Waals surface area contributed by atoms with E-state index in [4.69, 9.17) is 28.9 Å². The summed E-state index contributed by atoms with van der Waals surface area (Å²) in [5.41, 5.74) is 7.86. The SMILES string of the molecule is CC(SC1=CC(c2cnn(C3CCNCC3)c2)CN=C1N)c1c(Cl)ccc(F)c1Cl. The third-order valence-corrected chi connectivity index (χ3v) is 7.49. The van der Waals surface area contributed by atoms with Crippen molar-refractivity contribution < 1.29 is 4.39 Å². The lowest BCUT2D eigenvalue weighted by molar-refractivity contribution is 0.343. The van der Waals surface area contributed by atoms with Crippen LogP contribution in [0.25, 0.3) is 0 Å². The van der Waals surface area contributed by atoms with Crippen LogP contribution in [0.1, 0.15) is 48.1 Å². The molecular formula is C21H24Cl2FN5S. The largest absolute Gasteiger partial charge is 0.383 e. The second kappa shape index (κ2) is 9.30. The summed E-state index contributed by atoms with van der Waals surface area (Å²) in [4.78, 5) is 5.37. The Labute approximate surface area is 189 Å². The van der Waals surface area contributed by atoms with Crippen LogP contribution in [-0.4, -0.2) is 35.3 Å². The van der Waals surface area contributed by atoms with Crippen molar-refractivity contribution in [3.8, 4) is 0 Å². The number of thioether (sulfide) groups is 1. The van der Waals surface area contributed by atoms with Crippen LogP contribution in [-0.2, 0) is 0 Å². The molecule has 2 aliphatic rings. The van der Waals surface area contributed by atoms with Crippen LogP contribution >= 0.6 is 35.0 Å². The Morgan fingerprint density at radius 1 is 1.30 bits per heavy atom. The van der Waals surface area contributed by atoms with Crippen LogP contribution < -0.4 is 11.1 Å². The van der Waals surface area contributed by atoms with Gasteiger partial charge in [0, 0.05) is 32.9 Å². The Bertz CT molecular complexity index is 984. The van der Waals surface area contributed by atoms with E-state index in [0.717, 1.165) is 36.4 Å². The molecule has 5 nitrogen and oxygen atoms in total. The van der Waals surface area contributed by atoms with Crippen molar-refractivity contribution in [2.75, 3.05) is 19.6 Å². The van der Waals surface area contributed by atoms with Gasteiger partial charge in [0.2, 0.25) is 0 Å². The first-order valence-corrected chi connectivity index (χ1v) is 11.6. The van der Waals surface area contributed by atoms with Crippen molar-refractivity contribution in [1.29, 1.82) is 0 Å². The molecule has 0 bridgehead atoms. The lowest BCUT2D eigenvalue weighted by Crippen LogP contribution is -2.29. The first-order chi connectivity index (χ1) is 14.4. The van der Waals surface area contributed by atoms with Gasteiger partial charge < -0.3 is 11.1 Å². The first kappa shape index (κ1) is 21.7. The van der Waals surface area contributed by atoms with Gasteiger partial charge in [-0.25, -0.2) is 4.39 Å². The molecular weight excluding hydrogens is 444 g/mol. The highest BCUT2D eigenvalue weighted by molar-refractivity contribution is 8.04. The number of nitrogens with one attached hydrogen (secondary N) is 1. The molecule has 1 saturated heterocycles. The molecule has 3 N–H and O–H groups in total. The Morgan fingerprint density at radius 3 is 2.83 bits per heavy atom. The fourth-order valence-corrected chi connectivity index (χ4v) is 5.88. The molecule has 0 radical (unpaired) electrons. The lowest BCUT2D eigenvalue weighted by atomic mass is 10.0. The van der Waals surface area contributed by atoms with Crippen LogP contribution in [0.4, 0.5) is 4.39 Å². The van der Waals surface area contributed by atoms with Gasteiger partial charge in [0.25, 0.3) is 0 Å². The Morgan fingerprint density at radius 2 is 2.07 bits per heavy atom. The van der Waals surface area contributed by atoms with Gasteiger partial charge in [0.15, 0.2) is 0 Å². The molecule has 30 heavy (non-hydrogen) atoms. The number of hydrogen-bond acceptors (Lipinski definition) is 5. The summed E-state index contributed by atoms with van der Waals surface area (Å²) >= 11 is 14.0. The van der Waals surface area contributed by atoms with Crippen molar-refractivity contribution in [3.63, 3.8) is 0 Å². The monoisotopic (exact) mass is 467 g/mol. The molecule has 2 aliphatic heterocycles. The Balaban J connectivity index is 1.53. The van der Waals surface area contributed by atoms with E-state index < -0.39 is 5.82 Å². The molecule has 0 aliphatic carbocycles. The summed E-state index contributed by atoms with van der Waals surface area (Å²) in [5.74, 6) is 0.101. The van der Waals surface area contributed by atoms with Crippen molar-refractivity contribution in [2.24, 2.45) is 10.7 Å². The molecule has 3 heterocycles. The van der Waals surface area contributed by atoms with Gasteiger partial charge in [-0.15, -0.1) is 11.8 Å². The first-order valence-electron chi connectivity index (χ1n) is 10.0. The zero-order chi connectivity index (χ0) is 21.3. The molecule has 1 aromatic carbocycles. The van der Waals surface area contributed by atoms with E-state index in [0.29, 0.717) is 29.0 Å². The lowest BCUT2D eigenvalue weighted by Gasteiger charge is -2.23. The maximum absolute atomic E-state index is 13.9. The van der Waals surface area contributed by atoms with E-state index in [-0.39, 0.29) is 16.2 Å². The number of aliphatic imine (C=N–C) groups is 1. The van der Waals surface area contributed by atoms with Crippen molar-refractivity contribution >= 4 is 40.8 Å². The van der Waals surface area contributed by atoms with Gasteiger partial charge in [0.05, 0.1) is 23.8 Å². The highest BCUT2D eigenvalue weighted by Crippen LogP contribution is 2.43. The molecule has 1 fully saturated rings. The van der Waals surface area contributed by atoms with E-state index in [9.17, 15) is 4.39 Å². The molecule has 9 heteroatoms. The normalized spacial score (nSPS) is 21.3. The summed E-state index contributed by atoms with van der Waals surface area (Å²) in [7, 11) is 0. The number of aromatic nitrogens is 2. The van der Waals surface area contributed by atoms with Crippen molar-refractivity contribution in [3.05, 3.63) is 62.5 Å². The van der Waals surface area contributed by atoms with Crippen LogP contribution in [0.5, 0.6) is 0 Å². The molecule has 160 valence electrons. The summed E-state index contributed by atoms with van der Waals surface area (Å²) in [6.45, 7) is 4.57. The number of nitrogens with two attached hydrogens (primary N) is 1. The molecule has 0 saturated carbocycles. The average molecular weight is 468 g/mol. The predicted molar refractivity (Wildman–Crippen MR) is 123 cm³/mol. The molecule has 1 aromatic heterocycles. The third-order valence-electron chi connectivity index (χ3n) is 5.59. The molecule has 4 rings (SSSR count). The van der Waals surface area contributed by atoms with Crippen LogP contribution in [0.3, 0.4) is 0 Å². The van der Waals surface area contributed by atoms with Gasteiger partial charge in [-0.1, -0.05) is 29.3 Å². The standard InChI is InChI=1S/C21H24Cl2FN5S/c1-12(19-16(22)2-3-17(24)20(19)23)30-18-8-13(9-27-21(18)25)14-10-28-29(11-14)15-4-6-26-7-5-15/h2-3,8,10-13,15,26H,4-7,9H2,1H3,(H2,25,27). The van der Waals surface area contributed by atoms with E-state index in [1.165, 1.54) is 23.9 Å². The summed E-state index contributed by atoms with van der Waals surface area (Å²) in [5, 5.41) is 8.28. The number of piperidine rings is 1. The Hall–Kier alpha value is -1.54. The number of rotatable bonds is 5. The maximum Gasteiger partial charge on any atom is 0.142 e. The van der Waals surface area contributed by atoms with Crippen LogP contribution in [0.15, 0.2) is 40.5 Å². The molecule has 2 aromatic rings. The molecule has 0 spiro atoms. The quantitative estimate of drug-likeness (QED) is 0.601. The second-order valence-corrected chi connectivity index (χ2v) is 9.78. The second-order valence-electron chi connectivity index (χ2n) is 7.62. The maximum atomic E-state index is 13.9. The van der Waals surface area contributed by atoms with Crippen molar-refractivity contribution in [1.82, 2.24) is 15.1 Å². The summed E-state index contributed by atoms with van der Waals surface area (Å²) in [6, 6.07) is 3.24. The zero-order valence-electron chi connectivity index (χ0n) is 16.6. The fraction of sp³-hybridized carbons (Fsp3) is 0.429. The number of dihydropyridines is 1. The minimum absolute atomic E-state index is 0.0502. The number of benzene rings is 1. The summed E-state index contributed by atoms with van der Waals surface area (Å²) < 4.78 is 16.0. The average Bonchev–Trinajstić information content (AvgIpc) is 3.24. The van der Waals surface area contributed by atoms with Gasteiger partial charge in [-0.3, -0.25) is 9.67 Å². The minimum atomic E-state index is -0.481. The van der Waals surface area contributed by atoms with E-state index in [1.807, 2.05) is 13.1 Å². The number of halogens is 3. The summed E-state index contributed by atoms with van der Waals surface area (Å²) in [6.07, 6.45) is 8.34. The van der Waals surface area contributed by atoms with Gasteiger partial charge >= 0.3 is 0 Å². The fourth-order valence-electron chi connectivity index (χ4n) is 3.88. The van der Waals surface area contributed by atoms with Crippen LogP contribution in [0, 0.1) is 5.82 Å². The van der Waals surface area contributed by atoms with Crippen molar-refractivity contribution in [2.45, 2.75) is 37.0 Å². The number of hydrogen-bond donors (Lipinski definition) is 2. The highest BCUT2D eigenvalue weighted by Gasteiger charge is 2.24. The number of nitrogens with zero attached hydrogens (tertiary/aromatic N) is 3.